The van der Waals surface area contributed by atoms with E-state index in [0.29, 0.717) is 23.6 Å². The molecule has 6 nitrogen and oxygen atoms in total. The molecule has 0 radical (unpaired) electrons. The molecule has 0 aliphatic rings. The van der Waals surface area contributed by atoms with Gasteiger partial charge in [-0.1, -0.05) is 44.2 Å². The van der Waals surface area contributed by atoms with Crippen LogP contribution in [0, 0.1) is 0 Å². The molecule has 3 aromatic rings. The quantitative estimate of drug-likeness (QED) is 0.702. The summed E-state index contributed by atoms with van der Waals surface area (Å²) in [7, 11) is 1.52. The molecule has 0 aliphatic heterocycles. The van der Waals surface area contributed by atoms with E-state index in [-0.39, 0.29) is 5.92 Å². The third-order valence-corrected chi connectivity index (χ3v) is 4.05. The summed E-state index contributed by atoms with van der Waals surface area (Å²) in [5.41, 5.74) is 2.74. The summed E-state index contributed by atoms with van der Waals surface area (Å²) in [6, 6.07) is 11.7. The molecule has 1 aromatic carbocycles. The topological polar surface area (TPSA) is 73.6 Å². The van der Waals surface area contributed by atoms with E-state index in [0.717, 1.165) is 16.8 Å². The number of hydrogen-bond acceptors (Lipinski definition) is 4. The smallest absolute Gasteiger partial charge is 0.481 e. The van der Waals surface area contributed by atoms with Crippen LogP contribution in [-0.4, -0.2) is 27.9 Å². The Labute approximate surface area is 145 Å². The zero-order chi connectivity index (χ0) is 18.0. The third-order valence-electron chi connectivity index (χ3n) is 4.05. The fourth-order valence-corrected chi connectivity index (χ4v) is 3.03. The van der Waals surface area contributed by atoms with Crippen molar-refractivity contribution < 1.29 is 19.4 Å². The molecule has 0 bridgehead atoms. The van der Waals surface area contributed by atoms with Gasteiger partial charge in [-0.3, -0.25) is 0 Å². The number of carboxylic acid groups (broad SMARTS) is 1. The second-order valence-electron chi connectivity index (χ2n) is 6.05. The number of benzene rings is 1. The lowest BCUT2D eigenvalue weighted by Crippen LogP contribution is -2.09. The molecule has 2 heterocycles. The number of nitrogens with zero attached hydrogens (tertiary/aromatic N) is 2. The normalized spacial score (nSPS) is 11.0. The van der Waals surface area contributed by atoms with E-state index in [2.05, 4.69) is 9.55 Å². The summed E-state index contributed by atoms with van der Waals surface area (Å²) in [5, 5.41) is 9.85. The van der Waals surface area contributed by atoms with E-state index in [9.17, 15) is 9.90 Å². The van der Waals surface area contributed by atoms with Crippen molar-refractivity contribution >= 4 is 17.1 Å². The Morgan fingerprint density at radius 2 is 2.00 bits per heavy atom. The van der Waals surface area contributed by atoms with Crippen molar-refractivity contribution in [1.29, 1.82) is 0 Å². The van der Waals surface area contributed by atoms with Gasteiger partial charge in [0.25, 0.3) is 0 Å². The molecule has 2 aromatic heterocycles. The average molecular weight is 340 g/mol. The van der Waals surface area contributed by atoms with Gasteiger partial charge in [0.1, 0.15) is 0 Å². The van der Waals surface area contributed by atoms with Crippen LogP contribution in [0.25, 0.3) is 10.9 Å². The fourth-order valence-electron chi connectivity index (χ4n) is 3.03. The van der Waals surface area contributed by atoms with Gasteiger partial charge < -0.3 is 19.1 Å². The first-order valence-corrected chi connectivity index (χ1v) is 8.02. The van der Waals surface area contributed by atoms with Gasteiger partial charge in [0.2, 0.25) is 5.88 Å². The van der Waals surface area contributed by atoms with E-state index in [1.807, 2.05) is 44.2 Å². The lowest BCUT2D eigenvalue weighted by Gasteiger charge is -2.14. The van der Waals surface area contributed by atoms with Gasteiger partial charge in [0.05, 0.1) is 24.5 Å². The Kier molecular flexibility index (Phi) is 4.61. The zero-order valence-corrected chi connectivity index (χ0v) is 14.4. The van der Waals surface area contributed by atoms with Crippen molar-refractivity contribution in [1.82, 2.24) is 9.55 Å². The molecule has 0 amide bonds. The monoisotopic (exact) mass is 340 g/mol. The number of aromatic nitrogens is 2. The van der Waals surface area contributed by atoms with Crippen LogP contribution in [0.1, 0.15) is 31.0 Å². The minimum absolute atomic E-state index is 0.0662. The van der Waals surface area contributed by atoms with Crippen LogP contribution in [-0.2, 0) is 6.54 Å². The molecule has 3 rings (SSSR count). The van der Waals surface area contributed by atoms with E-state index < -0.39 is 6.16 Å². The molecule has 0 atom stereocenters. The summed E-state index contributed by atoms with van der Waals surface area (Å²) in [6.45, 7) is 4.62. The maximum atomic E-state index is 11.2. The highest BCUT2D eigenvalue weighted by Gasteiger charge is 2.24. The minimum atomic E-state index is -1.34. The average Bonchev–Trinajstić information content (AvgIpc) is 2.88. The van der Waals surface area contributed by atoms with E-state index >= 15 is 0 Å². The van der Waals surface area contributed by atoms with Gasteiger partial charge in [-0.15, -0.1) is 0 Å². The van der Waals surface area contributed by atoms with Gasteiger partial charge in [0.15, 0.2) is 5.75 Å². The minimum Gasteiger partial charge on any atom is -0.481 e. The SMILES string of the molecule is COc1cc2c(OC(=O)O)c(C(C)C)n(Cc3ccccc3)c2cn1. The number of hydrogen-bond donors (Lipinski definition) is 1. The van der Waals surface area contributed by atoms with Crippen molar-refractivity contribution in [3.05, 3.63) is 53.9 Å². The lowest BCUT2D eigenvalue weighted by molar-refractivity contribution is 0.144. The van der Waals surface area contributed by atoms with E-state index in [1.54, 1.807) is 12.3 Å². The molecule has 0 fully saturated rings. The second-order valence-corrected chi connectivity index (χ2v) is 6.05. The van der Waals surface area contributed by atoms with Crippen LogP contribution >= 0.6 is 0 Å². The molecular formula is C19H20N2O4. The number of fused-ring (bicyclic) bond motifs is 1. The number of methoxy groups -OCH3 is 1. The number of pyridine rings is 1. The number of rotatable bonds is 5. The van der Waals surface area contributed by atoms with Gasteiger partial charge in [-0.25, -0.2) is 9.78 Å². The third kappa shape index (κ3) is 3.28. The highest BCUT2D eigenvalue weighted by molar-refractivity contribution is 5.91. The van der Waals surface area contributed by atoms with Crippen molar-refractivity contribution in [3.8, 4) is 11.6 Å². The van der Waals surface area contributed by atoms with E-state index in [1.165, 1.54) is 7.11 Å². The molecule has 6 heteroatoms. The molecule has 130 valence electrons. The lowest BCUT2D eigenvalue weighted by atomic mass is 10.1. The largest absolute Gasteiger partial charge is 0.511 e. The van der Waals surface area contributed by atoms with Crippen LogP contribution in [0.5, 0.6) is 11.6 Å². The van der Waals surface area contributed by atoms with Crippen molar-refractivity contribution in [2.24, 2.45) is 0 Å². The predicted molar refractivity (Wildman–Crippen MR) is 94.6 cm³/mol. The summed E-state index contributed by atoms with van der Waals surface area (Å²) in [4.78, 5) is 15.5. The summed E-state index contributed by atoms with van der Waals surface area (Å²) in [6.07, 6.45) is 0.356. The molecule has 1 N–H and O–H groups in total. The molecule has 0 saturated heterocycles. The van der Waals surface area contributed by atoms with E-state index in [4.69, 9.17) is 9.47 Å². The van der Waals surface area contributed by atoms with Crippen LogP contribution in [0.3, 0.4) is 0 Å². The first-order chi connectivity index (χ1) is 12.0. The molecule has 0 aliphatic carbocycles. The second kappa shape index (κ2) is 6.84. The van der Waals surface area contributed by atoms with Crippen molar-refractivity contribution in [3.63, 3.8) is 0 Å². The Balaban J connectivity index is 2.26. The van der Waals surface area contributed by atoms with Crippen LogP contribution in [0.4, 0.5) is 4.79 Å². The first-order valence-electron chi connectivity index (χ1n) is 8.02. The van der Waals surface area contributed by atoms with Crippen LogP contribution in [0.2, 0.25) is 0 Å². The van der Waals surface area contributed by atoms with Crippen LogP contribution < -0.4 is 9.47 Å². The van der Waals surface area contributed by atoms with Crippen molar-refractivity contribution in [2.45, 2.75) is 26.3 Å². The number of carbonyl (C=O) groups is 1. The summed E-state index contributed by atoms with van der Waals surface area (Å²) < 4.78 is 12.4. The van der Waals surface area contributed by atoms with Gasteiger partial charge >= 0.3 is 6.16 Å². The highest BCUT2D eigenvalue weighted by Crippen LogP contribution is 2.39. The molecule has 0 unspecified atom stereocenters. The highest BCUT2D eigenvalue weighted by atomic mass is 16.7. The zero-order valence-electron chi connectivity index (χ0n) is 14.4. The maximum absolute atomic E-state index is 11.2. The Hall–Kier alpha value is -3.02. The van der Waals surface area contributed by atoms with Crippen LogP contribution in [0.15, 0.2) is 42.6 Å². The maximum Gasteiger partial charge on any atom is 0.511 e. The fraction of sp³-hybridized carbons (Fsp3) is 0.263. The Bertz CT molecular complexity index is 901. The van der Waals surface area contributed by atoms with Gasteiger partial charge in [-0.05, 0) is 11.5 Å². The van der Waals surface area contributed by atoms with Crippen molar-refractivity contribution in [2.75, 3.05) is 7.11 Å². The number of ether oxygens (including phenoxy) is 2. The first kappa shape index (κ1) is 16.8. The Morgan fingerprint density at radius 3 is 2.60 bits per heavy atom. The predicted octanol–water partition coefficient (Wildman–Crippen LogP) is 4.27. The van der Waals surface area contributed by atoms with Gasteiger partial charge in [0, 0.05) is 18.0 Å². The molecule has 25 heavy (non-hydrogen) atoms. The molecule has 0 saturated carbocycles. The summed E-state index contributed by atoms with van der Waals surface area (Å²) >= 11 is 0. The molecule has 0 spiro atoms. The standard InChI is InChI=1S/C19H20N2O4/c1-12(2)17-18(25-19(22)23)14-9-16(24-3)20-10-15(14)21(17)11-13-7-5-4-6-8-13/h4-10,12H,11H2,1-3H3,(H,22,23). The summed E-state index contributed by atoms with van der Waals surface area (Å²) in [5.74, 6) is 0.820. The Morgan fingerprint density at radius 1 is 1.28 bits per heavy atom. The molecular weight excluding hydrogens is 320 g/mol. The van der Waals surface area contributed by atoms with Gasteiger partial charge in [-0.2, -0.15) is 0 Å².